The summed E-state index contributed by atoms with van der Waals surface area (Å²) in [4.78, 5) is 8.48. The number of imidazole rings is 1. The van der Waals surface area contributed by atoms with Crippen LogP contribution in [0.1, 0.15) is 18.9 Å². The molecule has 3 heterocycles. The van der Waals surface area contributed by atoms with Gasteiger partial charge in [-0.05, 0) is 18.9 Å². The van der Waals surface area contributed by atoms with Gasteiger partial charge < -0.3 is 5.73 Å². The molecule has 0 unspecified atom stereocenters. The molecular formula is C11H13ClN4O2S. The van der Waals surface area contributed by atoms with E-state index >= 15 is 0 Å². The molecule has 6 nitrogen and oxygen atoms in total. The minimum absolute atomic E-state index is 0.0298. The summed E-state index contributed by atoms with van der Waals surface area (Å²) in [6, 6.07) is 1.73. The summed E-state index contributed by atoms with van der Waals surface area (Å²) >= 11 is 5.87. The minimum Gasteiger partial charge on any atom is -0.369 e. The molecule has 2 aromatic rings. The lowest BCUT2D eigenvalue weighted by Crippen LogP contribution is -2.26. The number of hydrogen-bond acceptors (Lipinski definition) is 5. The Labute approximate surface area is 115 Å². The smallest absolute Gasteiger partial charge is 0.202 e. The van der Waals surface area contributed by atoms with E-state index in [-0.39, 0.29) is 17.5 Å². The number of anilines is 1. The Balaban J connectivity index is 2.03. The van der Waals surface area contributed by atoms with Gasteiger partial charge in [-0.25, -0.2) is 18.4 Å². The van der Waals surface area contributed by atoms with E-state index in [0.717, 1.165) is 0 Å². The molecule has 0 radical (unpaired) electrons. The molecule has 0 spiro atoms. The van der Waals surface area contributed by atoms with Crippen molar-refractivity contribution < 1.29 is 8.42 Å². The standard InChI is InChI=1S/C11H13ClN4O2S/c12-7-5-9-10(14-6-7)16(11(13)15-9)8-1-3-19(17,18)4-2-8/h5-6,8H,1-4H2,(H2,13,15). The monoisotopic (exact) mass is 300 g/mol. The van der Waals surface area contributed by atoms with Crippen LogP contribution in [0, 0.1) is 0 Å². The number of pyridine rings is 1. The van der Waals surface area contributed by atoms with Crippen LogP contribution in [0.2, 0.25) is 5.02 Å². The van der Waals surface area contributed by atoms with Crippen LogP contribution in [0.3, 0.4) is 0 Å². The maximum absolute atomic E-state index is 11.5. The first-order valence-corrected chi connectivity index (χ1v) is 8.15. The fourth-order valence-corrected chi connectivity index (χ4v) is 4.09. The Bertz CT molecular complexity index is 726. The first-order chi connectivity index (χ1) is 8.96. The van der Waals surface area contributed by atoms with E-state index in [2.05, 4.69) is 9.97 Å². The van der Waals surface area contributed by atoms with Crippen LogP contribution in [0.5, 0.6) is 0 Å². The average molecular weight is 301 g/mol. The summed E-state index contributed by atoms with van der Waals surface area (Å²) in [6.07, 6.45) is 2.63. The number of nitrogen functional groups attached to an aromatic ring is 1. The zero-order valence-corrected chi connectivity index (χ0v) is 11.7. The predicted octanol–water partition coefficient (Wildman–Crippen LogP) is 1.42. The van der Waals surface area contributed by atoms with Gasteiger partial charge >= 0.3 is 0 Å². The fraction of sp³-hybridized carbons (Fsp3) is 0.455. The molecule has 8 heteroatoms. The van der Waals surface area contributed by atoms with E-state index in [1.807, 2.05) is 4.57 Å². The number of nitrogens with zero attached hydrogens (tertiary/aromatic N) is 3. The van der Waals surface area contributed by atoms with Gasteiger partial charge in [-0.3, -0.25) is 4.57 Å². The maximum atomic E-state index is 11.5. The molecular weight excluding hydrogens is 288 g/mol. The lowest BCUT2D eigenvalue weighted by atomic mass is 10.1. The molecule has 3 rings (SSSR count). The van der Waals surface area contributed by atoms with Gasteiger partial charge in [0.2, 0.25) is 5.95 Å². The van der Waals surface area contributed by atoms with E-state index in [1.165, 1.54) is 0 Å². The maximum Gasteiger partial charge on any atom is 0.202 e. The Kier molecular flexibility index (Phi) is 2.90. The second-order valence-corrected chi connectivity index (χ2v) is 7.46. The quantitative estimate of drug-likeness (QED) is 0.860. The van der Waals surface area contributed by atoms with Gasteiger partial charge in [0.1, 0.15) is 15.4 Å². The molecule has 0 aromatic carbocycles. The third kappa shape index (κ3) is 2.28. The molecule has 2 N–H and O–H groups in total. The van der Waals surface area contributed by atoms with E-state index < -0.39 is 9.84 Å². The number of halogens is 1. The fourth-order valence-electron chi connectivity index (χ4n) is 2.47. The van der Waals surface area contributed by atoms with E-state index in [1.54, 1.807) is 12.3 Å². The first-order valence-electron chi connectivity index (χ1n) is 5.96. The molecule has 1 saturated heterocycles. The SMILES string of the molecule is Nc1nc2cc(Cl)cnc2n1C1CCS(=O)(=O)CC1. The molecule has 0 bridgehead atoms. The summed E-state index contributed by atoms with van der Waals surface area (Å²) < 4.78 is 24.8. The summed E-state index contributed by atoms with van der Waals surface area (Å²) in [6.45, 7) is 0. The molecule has 19 heavy (non-hydrogen) atoms. The normalized spacial score (nSPS) is 19.8. The van der Waals surface area contributed by atoms with Crippen molar-refractivity contribution >= 4 is 38.6 Å². The van der Waals surface area contributed by atoms with Crippen LogP contribution in [0.15, 0.2) is 12.3 Å². The van der Waals surface area contributed by atoms with Crippen LogP contribution in [0.4, 0.5) is 5.95 Å². The number of rotatable bonds is 1. The van der Waals surface area contributed by atoms with Gasteiger partial charge in [0.15, 0.2) is 5.65 Å². The van der Waals surface area contributed by atoms with Crippen molar-refractivity contribution in [3.05, 3.63) is 17.3 Å². The van der Waals surface area contributed by atoms with Crippen LogP contribution in [-0.2, 0) is 9.84 Å². The molecule has 1 fully saturated rings. The summed E-state index contributed by atoms with van der Waals surface area (Å²) in [5, 5.41) is 0.503. The van der Waals surface area contributed by atoms with Crippen molar-refractivity contribution in [3.63, 3.8) is 0 Å². The van der Waals surface area contributed by atoms with Gasteiger partial charge in [-0.15, -0.1) is 0 Å². The van der Waals surface area contributed by atoms with Crippen molar-refractivity contribution in [3.8, 4) is 0 Å². The third-order valence-electron chi connectivity index (χ3n) is 3.41. The summed E-state index contributed by atoms with van der Waals surface area (Å²) in [5.41, 5.74) is 7.22. The highest BCUT2D eigenvalue weighted by molar-refractivity contribution is 7.91. The van der Waals surface area contributed by atoms with Gasteiger partial charge in [0.05, 0.1) is 16.5 Å². The largest absolute Gasteiger partial charge is 0.369 e. The number of nitrogens with two attached hydrogens (primary N) is 1. The molecule has 0 atom stereocenters. The van der Waals surface area contributed by atoms with Gasteiger partial charge in [0, 0.05) is 12.2 Å². The van der Waals surface area contributed by atoms with E-state index in [4.69, 9.17) is 17.3 Å². The topological polar surface area (TPSA) is 90.9 Å². The predicted molar refractivity (Wildman–Crippen MR) is 73.9 cm³/mol. The van der Waals surface area contributed by atoms with E-state index in [9.17, 15) is 8.42 Å². The van der Waals surface area contributed by atoms with Crippen LogP contribution in [0.25, 0.3) is 11.2 Å². The van der Waals surface area contributed by atoms with Crippen LogP contribution in [-0.4, -0.2) is 34.5 Å². The lowest BCUT2D eigenvalue weighted by molar-refractivity contribution is 0.461. The van der Waals surface area contributed by atoms with Gasteiger partial charge in [-0.1, -0.05) is 11.6 Å². The zero-order chi connectivity index (χ0) is 13.6. The Hall–Kier alpha value is -1.34. The van der Waals surface area contributed by atoms with Gasteiger partial charge in [0.25, 0.3) is 0 Å². The third-order valence-corrected chi connectivity index (χ3v) is 5.34. The lowest BCUT2D eigenvalue weighted by Gasteiger charge is -2.24. The number of hydrogen-bond donors (Lipinski definition) is 1. The molecule has 1 aliphatic rings. The minimum atomic E-state index is -2.90. The van der Waals surface area contributed by atoms with Gasteiger partial charge in [-0.2, -0.15) is 0 Å². The number of sulfone groups is 1. The highest BCUT2D eigenvalue weighted by Gasteiger charge is 2.27. The zero-order valence-electron chi connectivity index (χ0n) is 10.1. The van der Waals surface area contributed by atoms with Crippen molar-refractivity contribution in [2.75, 3.05) is 17.2 Å². The second kappa shape index (κ2) is 4.35. The molecule has 0 aliphatic carbocycles. The van der Waals surface area contributed by atoms with Crippen molar-refractivity contribution in [2.45, 2.75) is 18.9 Å². The van der Waals surface area contributed by atoms with Crippen LogP contribution >= 0.6 is 11.6 Å². The first kappa shape index (κ1) is 12.7. The Morgan fingerprint density at radius 3 is 2.74 bits per heavy atom. The van der Waals surface area contributed by atoms with Crippen molar-refractivity contribution in [1.29, 1.82) is 0 Å². The van der Waals surface area contributed by atoms with Crippen LogP contribution < -0.4 is 5.73 Å². The number of fused-ring (bicyclic) bond motifs is 1. The molecule has 0 saturated carbocycles. The number of aromatic nitrogens is 3. The highest BCUT2D eigenvalue weighted by atomic mass is 35.5. The molecule has 1 aliphatic heterocycles. The van der Waals surface area contributed by atoms with Crippen molar-refractivity contribution in [2.24, 2.45) is 0 Å². The average Bonchev–Trinajstić information content (AvgIpc) is 2.65. The molecule has 0 amide bonds. The van der Waals surface area contributed by atoms with Crippen molar-refractivity contribution in [1.82, 2.24) is 14.5 Å². The van der Waals surface area contributed by atoms with E-state index in [0.29, 0.717) is 35.0 Å². The molecule has 102 valence electrons. The Morgan fingerprint density at radius 2 is 2.05 bits per heavy atom. The Morgan fingerprint density at radius 1 is 1.37 bits per heavy atom. The summed E-state index contributed by atoms with van der Waals surface area (Å²) in [5.74, 6) is 0.725. The molecule has 2 aromatic heterocycles. The summed E-state index contributed by atoms with van der Waals surface area (Å²) in [7, 11) is -2.90. The second-order valence-electron chi connectivity index (χ2n) is 4.72. The highest BCUT2D eigenvalue weighted by Crippen LogP contribution is 2.30.